The first kappa shape index (κ1) is 17.7. The van der Waals surface area contributed by atoms with Crippen molar-refractivity contribution in [3.8, 4) is 0 Å². The molecule has 0 spiro atoms. The van der Waals surface area contributed by atoms with Crippen LogP contribution in [0.15, 0.2) is 10.5 Å². The largest absolute Gasteiger partial charge is 0.355 e. The minimum absolute atomic E-state index is 0.0592. The van der Waals surface area contributed by atoms with Gasteiger partial charge in [0.25, 0.3) is 5.91 Å². The molecule has 1 saturated carbocycles. The Bertz CT molecular complexity index is 534. The van der Waals surface area contributed by atoms with E-state index in [-0.39, 0.29) is 5.91 Å². The summed E-state index contributed by atoms with van der Waals surface area (Å²) in [6.07, 6.45) is 4.95. The zero-order valence-electron chi connectivity index (χ0n) is 14.2. The van der Waals surface area contributed by atoms with E-state index >= 15 is 0 Å². The van der Waals surface area contributed by atoms with Crippen LogP contribution in [0.2, 0.25) is 0 Å². The number of carbonyl (C=O) groups is 1. The van der Waals surface area contributed by atoms with Gasteiger partial charge in [-0.3, -0.25) is 9.79 Å². The van der Waals surface area contributed by atoms with Crippen molar-refractivity contribution in [1.82, 2.24) is 20.9 Å². The third-order valence-corrected chi connectivity index (χ3v) is 5.16. The second kappa shape index (κ2) is 8.86. The van der Waals surface area contributed by atoms with Crippen molar-refractivity contribution in [2.24, 2.45) is 10.9 Å². The Kier molecular flexibility index (Phi) is 6.83. The molecule has 23 heavy (non-hydrogen) atoms. The molecule has 1 fully saturated rings. The van der Waals surface area contributed by atoms with Crippen LogP contribution in [0, 0.1) is 12.8 Å². The number of aryl methyl sites for hydroxylation is 1. The standard InChI is InChI=1S/C16H27N5OS/c1-11-4-6-13(7-5-11)21-16(17-3)19-9-8-18-15(22)14-12(2)20-10-23-14/h10-11,13H,4-9H2,1-3H3,(H,18,22)(H2,17,19,21). The molecule has 0 aromatic carbocycles. The monoisotopic (exact) mass is 337 g/mol. The van der Waals surface area contributed by atoms with Crippen molar-refractivity contribution in [3.63, 3.8) is 0 Å². The van der Waals surface area contributed by atoms with Gasteiger partial charge in [0.1, 0.15) is 4.88 Å². The molecule has 7 heteroatoms. The summed E-state index contributed by atoms with van der Waals surface area (Å²) < 4.78 is 0. The lowest BCUT2D eigenvalue weighted by molar-refractivity contribution is 0.0957. The Labute approximate surface area is 142 Å². The first-order valence-electron chi connectivity index (χ1n) is 8.25. The summed E-state index contributed by atoms with van der Waals surface area (Å²) >= 11 is 1.37. The highest BCUT2D eigenvalue weighted by Gasteiger charge is 2.18. The van der Waals surface area contributed by atoms with Gasteiger partial charge in [-0.05, 0) is 38.5 Å². The molecule has 1 aromatic heterocycles. The topological polar surface area (TPSA) is 78.4 Å². The number of aliphatic imine (C=N–C) groups is 1. The van der Waals surface area contributed by atoms with E-state index in [0.717, 1.165) is 17.6 Å². The quantitative estimate of drug-likeness (QED) is 0.436. The van der Waals surface area contributed by atoms with Crippen LogP contribution in [0.1, 0.15) is 48.0 Å². The van der Waals surface area contributed by atoms with Gasteiger partial charge in [0.05, 0.1) is 11.2 Å². The van der Waals surface area contributed by atoms with Crippen LogP contribution in [-0.2, 0) is 0 Å². The van der Waals surface area contributed by atoms with E-state index in [4.69, 9.17) is 0 Å². The predicted octanol–water partition coefficient (Wildman–Crippen LogP) is 1.93. The van der Waals surface area contributed by atoms with Crippen molar-refractivity contribution < 1.29 is 4.79 Å². The second-order valence-corrected chi connectivity index (χ2v) is 6.98. The summed E-state index contributed by atoms with van der Waals surface area (Å²) in [6, 6.07) is 0.506. The van der Waals surface area contributed by atoms with Gasteiger partial charge in [0, 0.05) is 26.2 Å². The Morgan fingerprint density at radius 1 is 1.30 bits per heavy atom. The lowest BCUT2D eigenvalue weighted by Gasteiger charge is -2.28. The number of hydrogen-bond acceptors (Lipinski definition) is 4. The molecule has 1 heterocycles. The molecule has 0 aliphatic heterocycles. The van der Waals surface area contributed by atoms with E-state index < -0.39 is 0 Å². The summed E-state index contributed by atoms with van der Waals surface area (Å²) in [5, 5.41) is 9.63. The number of nitrogens with one attached hydrogen (secondary N) is 3. The SMILES string of the molecule is CN=C(NCCNC(=O)c1scnc1C)NC1CCC(C)CC1. The van der Waals surface area contributed by atoms with Crippen LogP contribution in [0.25, 0.3) is 0 Å². The zero-order chi connectivity index (χ0) is 16.7. The highest BCUT2D eigenvalue weighted by Crippen LogP contribution is 2.23. The normalized spacial score (nSPS) is 21.8. The molecule has 6 nitrogen and oxygen atoms in total. The first-order chi connectivity index (χ1) is 11.1. The van der Waals surface area contributed by atoms with E-state index in [0.29, 0.717) is 24.0 Å². The predicted molar refractivity (Wildman–Crippen MR) is 95.1 cm³/mol. The Balaban J connectivity index is 1.66. The van der Waals surface area contributed by atoms with E-state index in [1.165, 1.54) is 37.0 Å². The zero-order valence-corrected chi connectivity index (χ0v) is 15.0. The fraction of sp³-hybridized carbons (Fsp3) is 0.688. The number of carbonyl (C=O) groups excluding carboxylic acids is 1. The van der Waals surface area contributed by atoms with E-state index in [2.05, 4.69) is 32.9 Å². The number of guanidine groups is 1. The minimum Gasteiger partial charge on any atom is -0.355 e. The average molecular weight is 337 g/mol. The lowest BCUT2D eigenvalue weighted by Crippen LogP contribution is -2.46. The van der Waals surface area contributed by atoms with Crippen LogP contribution in [0.4, 0.5) is 0 Å². The van der Waals surface area contributed by atoms with E-state index in [1.54, 1.807) is 12.6 Å². The molecular weight excluding hydrogens is 310 g/mol. The molecule has 0 saturated heterocycles. The fourth-order valence-electron chi connectivity index (χ4n) is 2.75. The van der Waals surface area contributed by atoms with Gasteiger partial charge >= 0.3 is 0 Å². The Hall–Kier alpha value is -1.63. The molecule has 3 N–H and O–H groups in total. The van der Waals surface area contributed by atoms with Gasteiger partial charge in [0.2, 0.25) is 0 Å². The number of hydrogen-bond donors (Lipinski definition) is 3. The smallest absolute Gasteiger partial charge is 0.263 e. The molecule has 0 bridgehead atoms. The van der Waals surface area contributed by atoms with Crippen LogP contribution >= 0.6 is 11.3 Å². The maximum atomic E-state index is 12.0. The highest BCUT2D eigenvalue weighted by molar-refractivity contribution is 7.11. The first-order valence-corrected chi connectivity index (χ1v) is 9.13. The van der Waals surface area contributed by atoms with Gasteiger partial charge in [-0.15, -0.1) is 11.3 Å². The maximum Gasteiger partial charge on any atom is 0.263 e. The lowest BCUT2D eigenvalue weighted by atomic mass is 9.87. The highest BCUT2D eigenvalue weighted by atomic mass is 32.1. The van der Waals surface area contributed by atoms with Crippen molar-refractivity contribution >= 4 is 23.2 Å². The fourth-order valence-corrected chi connectivity index (χ4v) is 3.47. The summed E-state index contributed by atoms with van der Waals surface area (Å²) in [5.74, 6) is 1.59. The summed E-state index contributed by atoms with van der Waals surface area (Å²) in [4.78, 5) is 21.0. The summed E-state index contributed by atoms with van der Waals surface area (Å²) in [7, 11) is 1.78. The van der Waals surface area contributed by atoms with Crippen molar-refractivity contribution in [2.45, 2.75) is 45.6 Å². The molecule has 1 amide bonds. The second-order valence-electron chi connectivity index (χ2n) is 6.12. The van der Waals surface area contributed by atoms with Crippen LogP contribution < -0.4 is 16.0 Å². The van der Waals surface area contributed by atoms with Crippen LogP contribution in [0.5, 0.6) is 0 Å². The molecule has 1 aromatic rings. The molecule has 2 rings (SSSR count). The van der Waals surface area contributed by atoms with Gasteiger partial charge in [-0.25, -0.2) is 4.98 Å². The Morgan fingerprint density at radius 3 is 2.61 bits per heavy atom. The molecule has 1 aliphatic carbocycles. The van der Waals surface area contributed by atoms with Crippen LogP contribution in [-0.4, -0.2) is 43.0 Å². The number of amides is 1. The third-order valence-electron chi connectivity index (χ3n) is 4.24. The molecule has 0 radical (unpaired) electrons. The molecule has 0 unspecified atom stereocenters. The van der Waals surface area contributed by atoms with Gasteiger partial charge in [-0.2, -0.15) is 0 Å². The Morgan fingerprint density at radius 2 is 2.00 bits per heavy atom. The van der Waals surface area contributed by atoms with Crippen molar-refractivity contribution in [2.75, 3.05) is 20.1 Å². The molecule has 128 valence electrons. The number of thiazole rings is 1. The average Bonchev–Trinajstić information content (AvgIpc) is 2.98. The third kappa shape index (κ3) is 5.49. The van der Waals surface area contributed by atoms with Crippen LogP contribution in [0.3, 0.4) is 0 Å². The van der Waals surface area contributed by atoms with Crippen molar-refractivity contribution in [1.29, 1.82) is 0 Å². The van der Waals surface area contributed by atoms with Gasteiger partial charge < -0.3 is 16.0 Å². The van der Waals surface area contributed by atoms with Gasteiger partial charge in [-0.1, -0.05) is 6.92 Å². The summed E-state index contributed by atoms with van der Waals surface area (Å²) in [6.45, 7) is 5.36. The van der Waals surface area contributed by atoms with Gasteiger partial charge in [0.15, 0.2) is 5.96 Å². The minimum atomic E-state index is -0.0592. The molecular formula is C16H27N5OS. The number of nitrogens with zero attached hydrogens (tertiary/aromatic N) is 2. The maximum absolute atomic E-state index is 12.0. The molecule has 0 atom stereocenters. The number of rotatable bonds is 5. The van der Waals surface area contributed by atoms with E-state index in [9.17, 15) is 4.79 Å². The summed E-state index contributed by atoms with van der Waals surface area (Å²) in [5.41, 5.74) is 2.48. The molecule has 1 aliphatic rings. The number of aromatic nitrogens is 1. The van der Waals surface area contributed by atoms with E-state index in [1.807, 2.05) is 6.92 Å². The van der Waals surface area contributed by atoms with Crippen molar-refractivity contribution in [3.05, 3.63) is 16.1 Å².